The van der Waals surface area contributed by atoms with Crippen LogP contribution in [0.15, 0.2) is 0 Å². The molecule has 0 aromatic carbocycles. The van der Waals surface area contributed by atoms with Crippen molar-refractivity contribution in [2.24, 2.45) is 34.5 Å². The molecular weight excluding hydrogens is 381 g/mol. The third-order valence-electron chi connectivity index (χ3n) is 9.79. The first-order chi connectivity index (χ1) is 12.9. The van der Waals surface area contributed by atoms with E-state index in [1.165, 1.54) is 0 Å². The molecule has 0 bridgehead atoms. The van der Waals surface area contributed by atoms with Crippen LogP contribution < -0.4 is 0 Å². The van der Waals surface area contributed by atoms with Crippen molar-refractivity contribution in [2.75, 3.05) is 0 Å². The van der Waals surface area contributed by atoms with Crippen LogP contribution in [-0.4, -0.2) is 41.0 Å². The van der Waals surface area contributed by atoms with Crippen LogP contribution in [0, 0.1) is 34.5 Å². The van der Waals surface area contributed by atoms with Crippen LogP contribution in [0.3, 0.4) is 0 Å². The molecule has 4 fully saturated rings. The Kier molecular flexibility index (Phi) is 4.99. The van der Waals surface area contributed by atoms with Crippen LogP contribution in [0.2, 0.25) is 0 Å². The Balaban J connectivity index is 1.60. The average molecular weight is 418 g/mol. The molecule has 4 saturated carbocycles. The van der Waals surface area contributed by atoms with E-state index in [9.17, 15) is 18.6 Å². The van der Waals surface area contributed by atoms with E-state index in [4.69, 9.17) is 8.74 Å². The third kappa shape index (κ3) is 2.99. The van der Waals surface area contributed by atoms with E-state index in [1.54, 1.807) is 6.92 Å². The zero-order valence-electron chi connectivity index (χ0n) is 17.3. The lowest BCUT2D eigenvalue weighted by atomic mass is 9.44. The van der Waals surface area contributed by atoms with E-state index in [-0.39, 0.29) is 11.5 Å². The van der Waals surface area contributed by atoms with Crippen LogP contribution in [0.25, 0.3) is 0 Å². The quantitative estimate of drug-likeness (QED) is 0.481. The molecule has 0 amide bonds. The summed E-state index contributed by atoms with van der Waals surface area (Å²) < 4.78 is 36.5. The topological polar surface area (TPSA) is 104 Å². The van der Waals surface area contributed by atoms with Gasteiger partial charge in [0.05, 0.1) is 11.7 Å². The van der Waals surface area contributed by atoms with E-state index in [1.807, 2.05) is 0 Å². The summed E-state index contributed by atoms with van der Waals surface area (Å²) in [5.41, 5.74) is -1.39. The van der Waals surface area contributed by atoms with Gasteiger partial charge in [0.15, 0.2) is 0 Å². The monoisotopic (exact) mass is 417 g/mol. The van der Waals surface area contributed by atoms with E-state index >= 15 is 0 Å². The molecule has 6 nitrogen and oxygen atoms in total. The second-order valence-electron chi connectivity index (χ2n) is 10.7. The average Bonchev–Trinajstić information content (AvgIpc) is 2.87. The molecule has 3 N–H and O–H groups in total. The van der Waals surface area contributed by atoms with Crippen LogP contribution >= 0.6 is 0 Å². The first-order valence-corrected chi connectivity index (χ1v) is 12.3. The van der Waals surface area contributed by atoms with Gasteiger partial charge in [-0.15, -0.1) is 0 Å². The Labute approximate surface area is 169 Å². The number of rotatable bonds is 3. The standard InChI is InChI=1S/C21H36O6S/c1-13(27-28(24,25)26)21(23)11-8-18-16-5-4-14-12-15(22)6-9-19(14,2)17(16)7-10-20(18,21)3/h13-18,22-23H,4-12H2,1-3H3,(H,24,25,26)/t13-,14-,15-,16-,17+,18+,19+,20+,21+/m1/s1/i13+1. The van der Waals surface area contributed by atoms with Crippen molar-refractivity contribution in [3.8, 4) is 0 Å². The lowest BCUT2D eigenvalue weighted by Gasteiger charge is -2.62. The molecule has 0 heterocycles. The van der Waals surface area contributed by atoms with Gasteiger partial charge in [0.2, 0.25) is 0 Å². The Morgan fingerprint density at radius 1 is 1.00 bits per heavy atom. The van der Waals surface area contributed by atoms with E-state index in [0.29, 0.717) is 30.1 Å². The van der Waals surface area contributed by atoms with Gasteiger partial charge in [-0.2, -0.15) is 8.42 Å². The van der Waals surface area contributed by atoms with Crippen molar-refractivity contribution >= 4 is 10.4 Å². The van der Waals surface area contributed by atoms with Gasteiger partial charge < -0.3 is 10.2 Å². The van der Waals surface area contributed by atoms with Gasteiger partial charge in [-0.25, -0.2) is 4.18 Å². The summed E-state index contributed by atoms with van der Waals surface area (Å²) in [6, 6.07) is 0. The molecule has 4 rings (SSSR count). The summed E-state index contributed by atoms with van der Waals surface area (Å²) in [6.45, 7) is 6.09. The molecule has 0 unspecified atom stereocenters. The minimum atomic E-state index is -4.60. The van der Waals surface area contributed by atoms with Crippen LogP contribution in [0.1, 0.15) is 78.6 Å². The van der Waals surface area contributed by atoms with E-state index in [2.05, 4.69) is 13.8 Å². The molecule has 0 aromatic rings. The smallest absolute Gasteiger partial charge is 0.393 e. The number of hydrogen-bond donors (Lipinski definition) is 3. The van der Waals surface area contributed by atoms with Gasteiger partial charge in [-0.3, -0.25) is 4.55 Å². The summed E-state index contributed by atoms with van der Waals surface area (Å²) in [5, 5.41) is 21.7. The van der Waals surface area contributed by atoms with E-state index in [0.717, 1.165) is 51.4 Å². The highest BCUT2D eigenvalue weighted by molar-refractivity contribution is 7.80. The van der Waals surface area contributed by atoms with Crippen LogP contribution in [0.4, 0.5) is 0 Å². The molecule has 4 aliphatic carbocycles. The van der Waals surface area contributed by atoms with Crippen molar-refractivity contribution in [1.82, 2.24) is 0 Å². The fraction of sp³-hybridized carbons (Fsp3) is 1.00. The predicted molar refractivity (Wildman–Crippen MR) is 105 cm³/mol. The van der Waals surface area contributed by atoms with Gasteiger partial charge in [0, 0.05) is 5.41 Å². The molecular formula is C21H36O6S. The molecule has 0 saturated heterocycles. The zero-order chi connectivity index (χ0) is 20.5. The Morgan fingerprint density at radius 2 is 1.68 bits per heavy atom. The van der Waals surface area contributed by atoms with Crippen molar-refractivity contribution in [3.63, 3.8) is 0 Å². The normalized spacial score (nSPS) is 52.4. The number of aliphatic hydroxyl groups is 2. The van der Waals surface area contributed by atoms with Crippen LogP contribution in [0.5, 0.6) is 0 Å². The maximum absolute atomic E-state index is 11.6. The Hall–Kier alpha value is -0.210. The fourth-order valence-corrected chi connectivity index (χ4v) is 8.74. The van der Waals surface area contributed by atoms with E-state index < -0.39 is 27.5 Å². The minimum absolute atomic E-state index is 0.154. The molecule has 4 aliphatic rings. The number of hydrogen-bond acceptors (Lipinski definition) is 5. The highest BCUT2D eigenvalue weighted by atomic mass is 32.3. The summed E-state index contributed by atoms with van der Waals surface area (Å²) in [5.74, 6) is 2.07. The van der Waals surface area contributed by atoms with Gasteiger partial charge in [0.1, 0.15) is 6.10 Å². The molecule has 0 aliphatic heterocycles. The second kappa shape index (κ2) is 6.64. The Bertz CT molecular complexity index is 724. The fourth-order valence-electron chi connectivity index (χ4n) is 8.22. The SMILES string of the molecule is C[13C@@H](OS(=O)(=O)O)[C@@]1(O)CC[C@H]2[C@@H]3CC[C@@H]4C[C@H](O)CC[C@]4(C)[C@H]3CC[C@@]21C. The second-order valence-corrected chi connectivity index (χ2v) is 11.7. The summed E-state index contributed by atoms with van der Waals surface area (Å²) in [6.07, 6.45) is 7.29. The molecule has 162 valence electrons. The lowest BCUT2D eigenvalue weighted by Crippen LogP contribution is -2.59. The first-order valence-electron chi connectivity index (χ1n) is 11.0. The summed E-state index contributed by atoms with van der Waals surface area (Å²) in [4.78, 5) is 0. The highest BCUT2D eigenvalue weighted by Gasteiger charge is 2.66. The van der Waals surface area contributed by atoms with Crippen molar-refractivity contribution in [3.05, 3.63) is 0 Å². The maximum Gasteiger partial charge on any atom is 0.397 e. The van der Waals surface area contributed by atoms with Gasteiger partial charge in [-0.1, -0.05) is 13.8 Å². The summed E-state index contributed by atoms with van der Waals surface area (Å²) in [7, 11) is -4.60. The van der Waals surface area contributed by atoms with Gasteiger partial charge in [0.25, 0.3) is 0 Å². The third-order valence-corrected chi connectivity index (χ3v) is 10.3. The zero-order valence-corrected chi connectivity index (χ0v) is 18.1. The first kappa shape index (κ1) is 21.0. The predicted octanol–water partition coefficient (Wildman–Crippen LogP) is 3.33. The summed E-state index contributed by atoms with van der Waals surface area (Å²) >= 11 is 0. The van der Waals surface area contributed by atoms with Gasteiger partial charge in [-0.05, 0) is 93.8 Å². The number of fused-ring (bicyclic) bond motifs is 5. The maximum atomic E-state index is 11.6. The van der Waals surface area contributed by atoms with Gasteiger partial charge >= 0.3 is 10.4 Å². The van der Waals surface area contributed by atoms with Crippen molar-refractivity contribution in [1.29, 1.82) is 0 Å². The van der Waals surface area contributed by atoms with Crippen LogP contribution in [-0.2, 0) is 14.6 Å². The lowest BCUT2D eigenvalue weighted by molar-refractivity contribution is -0.182. The molecule has 9 atom stereocenters. The number of aliphatic hydroxyl groups excluding tert-OH is 1. The molecule has 0 spiro atoms. The van der Waals surface area contributed by atoms with Crippen molar-refractivity contribution < 1.29 is 27.4 Å². The highest BCUT2D eigenvalue weighted by Crippen LogP contribution is 2.68. The molecule has 28 heavy (non-hydrogen) atoms. The van der Waals surface area contributed by atoms with Crippen molar-refractivity contribution in [2.45, 2.75) is 96.4 Å². The molecule has 0 aromatic heterocycles. The minimum Gasteiger partial charge on any atom is -0.393 e. The molecule has 7 heteroatoms. The largest absolute Gasteiger partial charge is 0.397 e. The Morgan fingerprint density at radius 3 is 2.36 bits per heavy atom. The molecule has 0 radical (unpaired) electrons.